The molecule has 2 aromatic rings. The first-order valence-corrected chi connectivity index (χ1v) is 6.63. The lowest BCUT2D eigenvalue weighted by Crippen LogP contribution is -2.00. The number of benzene rings is 2. The minimum absolute atomic E-state index is 0.316. The maximum absolute atomic E-state index is 13.7. The molecule has 2 aromatic carbocycles. The molecule has 1 atom stereocenters. The molecule has 2 rings (SSSR count). The lowest BCUT2D eigenvalue weighted by atomic mass is 10.0. The SMILES string of the molecule is Fc1cccc(CC(Cl)c2c(F)cccc2Br)c1. The van der Waals surface area contributed by atoms with Crippen LogP contribution in [0.4, 0.5) is 8.78 Å². The predicted octanol–water partition coefficient (Wildman–Crippen LogP) is 5.25. The molecule has 0 saturated carbocycles. The van der Waals surface area contributed by atoms with Gasteiger partial charge in [0.05, 0.1) is 5.38 Å². The van der Waals surface area contributed by atoms with Gasteiger partial charge in [-0.3, -0.25) is 0 Å². The van der Waals surface area contributed by atoms with Crippen LogP contribution in [0.15, 0.2) is 46.9 Å². The monoisotopic (exact) mass is 330 g/mol. The Morgan fingerprint density at radius 2 is 1.83 bits per heavy atom. The van der Waals surface area contributed by atoms with E-state index in [1.165, 1.54) is 18.2 Å². The molecule has 0 fully saturated rings. The van der Waals surface area contributed by atoms with Gasteiger partial charge in [0.1, 0.15) is 11.6 Å². The zero-order valence-corrected chi connectivity index (χ0v) is 11.7. The van der Waals surface area contributed by atoms with Crippen LogP contribution in [-0.4, -0.2) is 0 Å². The summed E-state index contributed by atoms with van der Waals surface area (Å²) in [7, 11) is 0. The van der Waals surface area contributed by atoms with Crippen molar-refractivity contribution in [3.8, 4) is 0 Å². The summed E-state index contributed by atoms with van der Waals surface area (Å²) < 4.78 is 27.4. The van der Waals surface area contributed by atoms with Crippen molar-refractivity contribution in [1.82, 2.24) is 0 Å². The van der Waals surface area contributed by atoms with Crippen molar-refractivity contribution in [2.24, 2.45) is 0 Å². The van der Waals surface area contributed by atoms with Gasteiger partial charge in [-0.25, -0.2) is 8.78 Å². The molecule has 0 radical (unpaired) electrons. The average molecular weight is 332 g/mol. The maximum atomic E-state index is 13.7. The van der Waals surface area contributed by atoms with Crippen LogP contribution in [0.25, 0.3) is 0 Å². The van der Waals surface area contributed by atoms with Gasteiger partial charge in [-0.1, -0.05) is 34.1 Å². The number of rotatable bonds is 3. The molecular weight excluding hydrogens is 322 g/mol. The fourth-order valence-electron chi connectivity index (χ4n) is 1.78. The minimum Gasteiger partial charge on any atom is -0.207 e. The Hall–Kier alpha value is -0.930. The molecule has 1 unspecified atom stereocenters. The van der Waals surface area contributed by atoms with Crippen LogP contribution < -0.4 is 0 Å². The first kappa shape index (κ1) is 13.5. The highest BCUT2D eigenvalue weighted by Crippen LogP contribution is 2.33. The lowest BCUT2D eigenvalue weighted by Gasteiger charge is -2.13. The second-order valence-corrected chi connectivity index (χ2v) is 5.32. The van der Waals surface area contributed by atoms with Gasteiger partial charge in [0.2, 0.25) is 0 Å². The Morgan fingerprint density at radius 3 is 2.50 bits per heavy atom. The molecule has 4 heteroatoms. The second kappa shape index (κ2) is 5.81. The summed E-state index contributed by atoms with van der Waals surface area (Å²) in [6, 6.07) is 10.9. The Morgan fingerprint density at radius 1 is 1.11 bits per heavy atom. The van der Waals surface area contributed by atoms with E-state index in [9.17, 15) is 8.78 Å². The highest BCUT2D eigenvalue weighted by molar-refractivity contribution is 9.10. The van der Waals surface area contributed by atoms with E-state index in [1.54, 1.807) is 24.3 Å². The van der Waals surface area contributed by atoms with E-state index in [4.69, 9.17) is 11.6 Å². The van der Waals surface area contributed by atoms with Crippen LogP contribution in [0.1, 0.15) is 16.5 Å². The van der Waals surface area contributed by atoms with E-state index in [1.807, 2.05) is 0 Å². The fourth-order valence-corrected chi connectivity index (χ4v) is 2.93. The van der Waals surface area contributed by atoms with Crippen molar-refractivity contribution in [1.29, 1.82) is 0 Å². The smallest absolute Gasteiger partial charge is 0.129 e. The highest BCUT2D eigenvalue weighted by Gasteiger charge is 2.17. The number of halogens is 4. The summed E-state index contributed by atoms with van der Waals surface area (Å²) in [5.41, 5.74) is 1.15. The largest absolute Gasteiger partial charge is 0.207 e. The second-order valence-electron chi connectivity index (χ2n) is 3.94. The molecule has 0 aliphatic rings. The van der Waals surface area contributed by atoms with E-state index in [0.717, 1.165) is 5.56 Å². The molecule has 94 valence electrons. The molecule has 0 aromatic heterocycles. The maximum Gasteiger partial charge on any atom is 0.129 e. The molecule has 0 aliphatic carbocycles. The Balaban J connectivity index is 2.25. The molecular formula is C14H10BrClF2. The molecule has 0 N–H and O–H groups in total. The van der Waals surface area contributed by atoms with Crippen LogP contribution in [0.2, 0.25) is 0 Å². The van der Waals surface area contributed by atoms with Gasteiger partial charge in [-0.05, 0) is 36.2 Å². The Bertz CT molecular complexity index is 537. The van der Waals surface area contributed by atoms with Crippen molar-refractivity contribution in [3.63, 3.8) is 0 Å². The van der Waals surface area contributed by atoms with Crippen molar-refractivity contribution in [2.75, 3.05) is 0 Å². The molecule has 0 amide bonds. The zero-order valence-electron chi connectivity index (χ0n) is 9.34. The van der Waals surface area contributed by atoms with Gasteiger partial charge in [-0.2, -0.15) is 0 Å². The number of alkyl halides is 1. The standard InChI is InChI=1S/C14H10BrClF2/c15-11-5-2-6-13(18)14(11)12(16)8-9-3-1-4-10(17)7-9/h1-7,12H,8H2. The van der Waals surface area contributed by atoms with E-state index in [0.29, 0.717) is 16.5 Å². The quantitative estimate of drug-likeness (QED) is 0.674. The third-order valence-electron chi connectivity index (χ3n) is 2.62. The van der Waals surface area contributed by atoms with Crippen LogP contribution in [0, 0.1) is 11.6 Å². The van der Waals surface area contributed by atoms with Gasteiger partial charge in [0.25, 0.3) is 0 Å². The van der Waals surface area contributed by atoms with Crippen LogP contribution >= 0.6 is 27.5 Å². The summed E-state index contributed by atoms with van der Waals surface area (Å²) in [6.07, 6.45) is 0.374. The highest BCUT2D eigenvalue weighted by atomic mass is 79.9. The van der Waals surface area contributed by atoms with E-state index in [2.05, 4.69) is 15.9 Å². The van der Waals surface area contributed by atoms with Gasteiger partial charge >= 0.3 is 0 Å². The predicted molar refractivity (Wildman–Crippen MR) is 72.8 cm³/mol. The summed E-state index contributed by atoms with van der Waals surface area (Å²) >= 11 is 9.49. The van der Waals surface area contributed by atoms with Crippen molar-refractivity contribution >= 4 is 27.5 Å². The summed E-state index contributed by atoms with van der Waals surface area (Å²) in [6.45, 7) is 0. The fraction of sp³-hybridized carbons (Fsp3) is 0.143. The van der Waals surface area contributed by atoms with Crippen LogP contribution in [0.5, 0.6) is 0 Å². The molecule has 0 spiro atoms. The summed E-state index contributed by atoms with van der Waals surface area (Å²) in [5, 5.41) is -0.539. The van der Waals surface area contributed by atoms with Crippen LogP contribution in [-0.2, 0) is 6.42 Å². The Kier molecular flexibility index (Phi) is 4.36. The minimum atomic E-state index is -0.539. The molecule has 18 heavy (non-hydrogen) atoms. The summed E-state index contributed by atoms with van der Waals surface area (Å²) in [5.74, 6) is -0.676. The molecule has 0 aliphatic heterocycles. The van der Waals surface area contributed by atoms with Gasteiger partial charge in [0, 0.05) is 10.0 Å². The number of hydrogen-bond acceptors (Lipinski definition) is 0. The van der Waals surface area contributed by atoms with Gasteiger partial charge in [-0.15, -0.1) is 11.6 Å². The zero-order chi connectivity index (χ0) is 13.1. The van der Waals surface area contributed by atoms with Gasteiger partial charge < -0.3 is 0 Å². The normalized spacial score (nSPS) is 12.4. The summed E-state index contributed by atoms with van der Waals surface area (Å²) in [4.78, 5) is 0. The van der Waals surface area contributed by atoms with Crippen molar-refractivity contribution in [2.45, 2.75) is 11.8 Å². The third-order valence-corrected chi connectivity index (χ3v) is 3.68. The molecule has 0 heterocycles. The average Bonchev–Trinajstić information content (AvgIpc) is 2.28. The molecule has 0 saturated heterocycles. The van der Waals surface area contributed by atoms with Crippen molar-refractivity contribution in [3.05, 3.63) is 69.7 Å². The van der Waals surface area contributed by atoms with E-state index < -0.39 is 5.38 Å². The van der Waals surface area contributed by atoms with Crippen LogP contribution in [0.3, 0.4) is 0 Å². The van der Waals surface area contributed by atoms with E-state index in [-0.39, 0.29) is 11.6 Å². The molecule has 0 nitrogen and oxygen atoms in total. The molecule has 0 bridgehead atoms. The van der Waals surface area contributed by atoms with Crippen molar-refractivity contribution < 1.29 is 8.78 Å². The first-order valence-electron chi connectivity index (χ1n) is 5.40. The Labute approximate surface area is 118 Å². The lowest BCUT2D eigenvalue weighted by molar-refractivity contribution is 0.603. The third kappa shape index (κ3) is 3.09. The number of hydrogen-bond donors (Lipinski definition) is 0. The first-order chi connectivity index (χ1) is 8.58. The van der Waals surface area contributed by atoms with Gasteiger partial charge in [0.15, 0.2) is 0 Å². The van der Waals surface area contributed by atoms with E-state index >= 15 is 0 Å². The topological polar surface area (TPSA) is 0 Å².